The molecule has 0 fully saturated rings. The molecule has 0 spiro atoms. The van der Waals surface area contributed by atoms with Crippen LogP contribution in [0.4, 0.5) is 11.4 Å². The van der Waals surface area contributed by atoms with E-state index in [0.717, 1.165) is 0 Å². The second-order valence-electron chi connectivity index (χ2n) is 3.86. The summed E-state index contributed by atoms with van der Waals surface area (Å²) in [5, 5.41) is 11.5. The molecule has 0 aromatic heterocycles. The van der Waals surface area contributed by atoms with Crippen LogP contribution >= 0.6 is 0 Å². The van der Waals surface area contributed by atoms with Gasteiger partial charge in [-0.1, -0.05) is 12.1 Å². The van der Waals surface area contributed by atoms with Crippen LogP contribution < -0.4 is 10.2 Å². The van der Waals surface area contributed by atoms with Gasteiger partial charge in [-0.05, 0) is 18.6 Å². The Morgan fingerprint density at radius 2 is 2.06 bits per heavy atom. The number of anilines is 2. The van der Waals surface area contributed by atoms with Crippen LogP contribution in [-0.4, -0.2) is 30.1 Å². The van der Waals surface area contributed by atoms with Crippen LogP contribution in [0.1, 0.15) is 12.8 Å². The maximum atomic E-state index is 11.9. The molecule has 1 aromatic rings. The summed E-state index contributed by atoms with van der Waals surface area (Å²) in [6.45, 7) is 0.439. The van der Waals surface area contributed by atoms with E-state index in [0.29, 0.717) is 24.3 Å². The van der Waals surface area contributed by atoms with Gasteiger partial charge in [0, 0.05) is 13.2 Å². The number of para-hydroxylation sites is 2. The van der Waals surface area contributed by atoms with Gasteiger partial charge in [-0.15, -0.1) is 0 Å². The van der Waals surface area contributed by atoms with Crippen LogP contribution in [0.25, 0.3) is 0 Å². The van der Waals surface area contributed by atoms with Gasteiger partial charge in [0.25, 0.3) is 0 Å². The van der Waals surface area contributed by atoms with E-state index >= 15 is 0 Å². The van der Waals surface area contributed by atoms with Crippen LogP contribution in [0.15, 0.2) is 24.3 Å². The standard InChI is InChI=1S/C12H14N2O3/c15-7-3-6-14-10-5-2-1-4-9(10)13-11(16)8-12(14)17/h1-2,4-5,15H,3,6-8H2,(H,13,16). The summed E-state index contributed by atoms with van der Waals surface area (Å²) in [5.74, 6) is -0.533. The minimum Gasteiger partial charge on any atom is -0.396 e. The zero-order chi connectivity index (χ0) is 12.3. The number of benzene rings is 1. The van der Waals surface area contributed by atoms with Crippen molar-refractivity contribution >= 4 is 23.2 Å². The molecule has 0 radical (unpaired) electrons. The van der Waals surface area contributed by atoms with Crippen LogP contribution in [0.2, 0.25) is 0 Å². The number of nitrogens with zero attached hydrogens (tertiary/aromatic N) is 1. The van der Waals surface area contributed by atoms with Crippen molar-refractivity contribution < 1.29 is 14.7 Å². The summed E-state index contributed by atoms with van der Waals surface area (Å²) in [6, 6.07) is 7.17. The van der Waals surface area contributed by atoms with Crippen molar-refractivity contribution in [2.45, 2.75) is 12.8 Å². The highest BCUT2D eigenvalue weighted by atomic mass is 16.3. The number of carbonyl (C=O) groups is 2. The number of fused-ring (bicyclic) bond motifs is 1. The molecule has 17 heavy (non-hydrogen) atoms. The molecule has 2 amide bonds. The molecule has 2 rings (SSSR count). The number of aliphatic hydroxyl groups is 1. The third-order valence-electron chi connectivity index (χ3n) is 2.62. The molecule has 90 valence electrons. The Morgan fingerprint density at radius 3 is 2.82 bits per heavy atom. The quantitative estimate of drug-likeness (QED) is 0.758. The Labute approximate surface area is 99.0 Å². The van der Waals surface area contributed by atoms with Crippen molar-refractivity contribution in [1.82, 2.24) is 0 Å². The highest BCUT2D eigenvalue weighted by Gasteiger charge is 2.25. The lowest BCUT2D eigenvalue weighted by molar-refractivity contribution is -0.124. The number of carbonyl (C=O) groups excluding carboxylic acids is 2. The molecule has 2 N–H and O–H groups in total. The molecule has 0 unspecified atom stereocenters. The second kappa shape index (κ2) is 4.97. The minimum atomic E-state index is -0.297. The van der Waals surface area contributed by atoms with Gasteiger partial charge in [-0.2, -0.15) is 0 Å². The van der Waals surface area contributed by atoms with Crippen LogP contribution in [0.3, 0.4) is 0 Å². The summed E-state index contributed by atoms with van der Waals surface area (Å²) in [5.41, 5.74) is 1.33. The van der Waals surface area contributed by atoms with Crippen molar-refractivity contribution in [1.29, 1.82) is 0 Å². The predicted octanol–water partition coefficient (Wildman–Crippen LogP) is 0.744. The van der Waals surface area contributed by atoms with Crippen molar-refractivity contribution in [2.24, 2.45) is 0 Å². The highest BCUT2D eigenvalue weighted by Crippen LogP contribution is 2.28. The average molecular weight is 234 g/mol. The lowest BCUT2D eigenvalue weighted by Gasteiger charge is -2.21. The van der Waals surface area contributed by atoms with Crippen LogP contribution in [0, 0.1) is 0 Å². The monoisotopic (exact) mass is 234 g/mol. The number of rotatable bonds is 3. The molecule has 5 heteroatoms. The largest absolute Gasteiger partial charge is 0.396 e. The topological polar surface area (TPSA) is 69.6 Å². The number of nitrogens with one attached hydrogen (secondary N) is 1. The smallest absolute Gasteiger partial charge is 0.236 e. The molecule has 0 aliphatic carbocycles. The Balaban J connectivity index is 2.35. The van der Waals surface area contributed by atoms with Crippen molar-refractivity contribution in [3.63, 3.8) is 0 Å². The zero-order valence-corrected chi connectivity index (χ0v) is 9.35. The van der Waals surface area contributed by atoms with Gasteiger partial charge in [0.05, 0.1) is 11.4 Å². The Bertz CT molecular complexity index is 445. The average Bonchev–Trinajstić information content (AvgIpc) is 2.42. The minimum absolute atomic E-state index is 0.0212. The lowest BCUT2D eigenvalue weighted by Crippen LogP contribution is -2.32. The third kappa shape index (κ3) is 2.45. The fourth-order valence-electron chi connectivity index (χ4n) is 1.85. The molecule has 0 saturated carbocycles. The molecule has 0 atom stereocenters. The number of hydrogen-bond donors (Lipinski definition) is 2. The summed E-state index contributed by atoms with van der Waals surface area (Å²) in [4.78, 5) is 24.9. The van der Waals surface area contributed by atoms with Gasteiger partial charge in [-0.25, -0.2) is 0 Å². The second-order valence-corrected chi connectivity index (χ2v) is 3.86. The zero-order valence-electron chi connectivity index (χ0n) is 9.35. The maximum absolute atomic E-state index is 11.9. The van der Waals surface area contributed by atoms with E-state index in [1.807, 2.05) is 6.07 Å². The van der Waals surface area contributed by atoms with E-state index in [9.17, 15) is 9.59 Å². The maximum Gasteiger partial charge on any atom is 0.236 e. The summed E-state index contributed by atoms with van der Waals surface area (Å²) >= 11 is 0. The van der Waals surface area contributed by atoms with E-state index in [2.05, 4.69) is 5.32 Å². The number of amides is 2. The highest BCUT2D eigenvalue weighted by molar-refractivity contribution is 6.14. The number of hydrogen-bond acceptors (Lipinski definition) is 3. The molecule has 5 nitrogen and oxygen atoms in total. The predicted molar refractivity (Wildman–Crippen MR) is 63.7 cm³/mol. The fraction of sp³-hybridized carbons (Fsp3) is 0.333. The third-order valence-corrected chi connectivity index (χ3v) is 2.62. The molecule has 1 aliphatic heterocycles. The van der Waals surface area contributed by atoms with Crippen molar-refractivity contribution in [3.8, 4) is 0 Å². The van der Waals surface area contributed by atoms with Gasteiger partial charge < -0.3 is 15.3 Å². The summed E-state index contributed by atoms with van der Waals surface area (Å²) < 4.78 is 0. The molecular formula is C12H14N2O3. The normalized spacial score (nSPS) is 15.2. The molecule has 1 aliphatic rings. The fourth-order valence-corrected chi connectivity index (χ4v) is 1.85. The molecule has 0 bridgehead atoms. The molecular weight excluding hydrogens is 220 g/mol. The molecule has 1 aromatic carbocycles. The van der Waals surface area contributed by atoms with Gasteiger partial charge in [0.1, 0.15) is 6.42 Å². The Kier molecular flexibility index (Phi) is 3.39. The first-order valence-corrected chi connectivity index (χ1v) is 5.52. The Hall–Kier alpha value is -1.88. The number of aliphatic hydroxyl groups excluding tert-OH is 1. The van der Waals surface area contributed by atoms with Gasteiger partial charge in [0.15, 0.2) is 0 Å². The van der Waals surface area contributed by atoms with Gasteiger partial charge >= 0.3 is 0 Å². The SMILES string of the molecule is O=C1CC(=O)N(CCCO)c2ccccc2N1. The van der Waals surface area contributed by atoms with Gasteiger partial charge in [0.2, 0.25) is 11.8 Å². The van der Waals surface area contributed by atoms with Crippen molar-refractivity contribution in [3.05, 3.63) is 24.3 Å². The van der Waals surface area contributed by atoms with Gasteiger partial charge in [-0.3, -0.25) is 9.59 Å². The lowest BCUT2D eigenvalue weighted by atomic mass is 10.2. The van der Waals surface area contributed by atoms with Crippen LogP contribution in [0.5, 0.6) is 0 Å². The summed E-state index contributed by atoms with van der Waals surface area (Å²) in [6.07, 6.45) is 0.342. The first-order valence-electron chi connectivity index (χ1n) is 5.52. The van der Waals surface area contributed by atoms with E-state index in [1.165, 1.54) is 0 Å². The van der Waals surface area contributed by atoms with E-state index in [4.69, 9.17) is 5.11 Å². The van der Waals surface area contributed by atoms with E-state index < -0.39 is 0 Å². The van der Waals surface area contributed by atoms with Crippen molar-refractivity contribution in [2.75, 3.05) is 23.4 Å². The first kappa shape index (κ1) is 11.6. The van der Waals surface area contributed by atoms with Crippen LogP contribution in [-0.2, 0) is 9.59 Å². The summed E-state index contributed by atoms with van der Waals surface area (Å²) in [7, 11) is 0. The van der Waals surface area contributed by atoms with E-state index in [-0.39, 0.29) is 24.8 Å². The molecule has 0 saturated heterocycles. The molecule has 1 heterocycles. The first-order chi connectivity index (χ1) is 8.22. The Morgan fingerprint density at radius 1 is 1.29 bits per heavy atom. The van der Waals surface area contributed by atoms with E-state index in [1.54, 1.807) is 23.1 Å².